The smallest absolute Gasteiger partial charge is 0.217 e. The van der Waals surface area contributed by atoms with Crippen molar-refractivity contribution >= 4 is 11.8 Å². The number of benzene rings is 1. The molecule has 26 heavy (non-hydrogen) atoms. The zero-order valence-corrected chi connectivity index (χ0v) is 16.1. The van der Waals surface area contributed by atoms with Crippen LogP contribution in [-0.4, -0.2) is 23.9 Å². The third-order valence-electron chi connectivity index (χ3n) is 6.10. The van der Waals surface area contributed by atoms with Gasteiger partial charge in [-0.2, -0.15) is 0 Å². The molecule has 3 rings (SSSR count). The van der Waals surface area contributed by atoms with Crippen LogP contribution in [0, 0.1) is 0 Å². The Morgan fingerprint density at radius 3 is 1.38 bits per heavy atom. The largest absolute Gasteiger partial charge is 0.353 e. The van der Waals surface area contributed by atoms with Gasteiger partial charge in [-0.1, -0.05) is 49.9 Å². The zero-order chi connectivity index (χ0) is 18.5. The Bertz CT molecular complexity index is 571. The Labute approximate surface area is 157 Å². The molecule has 4 heteroatoms. The molecule has 0 heterocycles. The van der Waals surface area contributed by atoms with Crippen LogP contribution < -0.4 is 10.6 Å². The van der Waals surface area contributed by atoms with Crippen molar-refractivity contribution in [3.05, 3.63) is 35.4 Å². The first kappa shape index (κ1) is 18.9. The Morgan fingerprint density at radius 2 is 1.04 bits per heavy atom. The molecule has 4 nitrogen and oxygen atoms in total. The third-order valence-corrected chi connectivity index (χ3v) is 6.10. The van der Waals surface area contributed by atoms with Gasteiger partial charge in [0.05, 0.1) is 0 Å². The highest BCUT2D eigenvalue weighted by Gasteiger charge is 2.29. The number of carbonyl (C=O) groups excluding carboxylic acids is 2. The molecule has 1 aromatic carbocycles. The molecule has 0 radical (unpaired) electrons. The van der Waals surface area contributed by atoms with Gasteiger partial charge in [0.25, 0.3) is 0 Å². The second-order valence-electron chi connectivity index (χ2n) is 8.06. The summed E-state index contributed by atoms with van der Waals surface area (Å²) in [7, 11) is 0. The molecule has 0 saturated heterocycles. The van der Waals surface area contributed by atoms with E-state index in [4.69, 9.17) is 0 Å². The minimum absolute atomic E-state index is 0.0684. The lowest BCUT2D eigenvalue weighted by Gasteiger charge is -2.34. The predicted octanol–water partition coefficient (Wildman–Crippen LogP) is 4.01. The zero-order valence-electron chi connectivity index (χ0n) is 16.1. The van der Waals surface area contributed by atoms with Gasteiger partial charge in [0.2, 0.25) is 11.8 Å². The summed E-state index contributed by atoms with van der Waals surface area (Å²) >= 11 is 0. The van der Waals surface area contributed by atoms with Crippen molar-refractivity contribution in [1.82, 2.24) is 10.6 Å². The number of rotatable bonds is 4. The number of amides is 2. The molecule has 2 N–H and O–H groups in total. The molecule has 2 aliphatic rings. The van der Waals surface area contributed by atoms with Crippen LogP contribution in [0.25, 0.3) is 0 Å². The van der Waals surface area contributed by atoms with Gasteiger partial charge in [0.15, 0.2) is 0 Å². The third kappa shape index (κ3) is 4.66. The van der Waals surface area contributed by atoms with E-state index in [0.717, 1.165) is 25.7 Å². The minimum atomic E-state index is 0.0684. The summed E-state index contributed by atoms with van der Waals surface area (Å²) in [5.41, 5.74) is 2.66. The first-order chi connectivity index (χ1) is 12.5. The van der Waals surface area contributed by atoms with Crippen molar-refractivity contribution < 1.29 is 9.59 Å². The van der Waals surface area contributed by atoms with Crippen LogP contribution in [-0.2, 0) is 9.59 Å². The Hall–Kier alpha value is -1.84. The lowest BCUT2D eigenvalue weighted by atomic mass is 9.77. The fourth-order valence-corrected chi connectivity index (χ4v) is 4.92. The normalized spacial score (nSPS) is 29.0. The average Bonchev–Trinajstić information content (AvgIpc) is 2.62. The van der Waals surface area contributed by atoms with Crippen molar-refractivity contribution in [2.75, 3.05) is 0 Å². The molecular formula is C22H32N2O2. The van der Waals surface area contributed by atoms with Crippen molar-refractivity contribution in [3.63, 3.8) is 0 Å². The van der Waals surface area contributed by atoms with Crippen LogP contribution in [0.2, 0.25) is 0 Å². The summed E-state index contributed by atoms with van der Waals surface area (Å²) in [6.07, 6.45) is 9.27. The highest BCUT2D eigenvalue weighted by atomic mass is 16.2. The quantitative estimate of drug-likeness (QED) is 0.856. The summed E-state index contributed by atoms with van der Waals surface area (Å²) in [6.45, 7) is 3.22. The highest BCUT2D eigenvalue weighted by Crippen LogP contribution is 2.36. The first-order valence-corrected chi connectivity index (χ1v) is 10.2. The molecule has 1 aromatic rings. The molecule has 2 fully saturated rings. The standard InChI is InChI=1S/C22H32N2O2/c1-15(25)23-21-9-5-3-7-19(21)17-11-13-18(14-12-17)20-8-4-6-10-22(20)24-16(2)26/h11-14,19-22H,3-10H2,1-2H3,(H,23,25)(H,24,26). The average molecular weight is 357 g/mol. The van der Waals surface area contributed by atoms with Gasteiger partial charge < -0.3 is 10.6 Å². The SMILES string of the molecule is CC(=O)NC1CCCCC1c1ccc(C2CCCCC2NC(C)=O)cc1. The van der Waals surface area contributed by atoms with E-state index in [1.165, 1.54) is 36.8 Å². The van der Waals surface area contributed by atoms with Crippen LogP contribution in [0.3, 0.4) is 0 Å². The van der Waals surface area contributed by atoms with E-state index in [9.17, 15) is 9.59 Å². The summed E-state index contributed by atoms with van der Waals surface area (Å²) in [6, 6.07) is 9.51. The van der Waals surface area contributed by atoms with Crippen molar-refractivity contribution in [2.24, 2.45) is 0 Å². The monoisotopic (exact) mass is 356 g/mol. The molecule has 2 saturated carbocycles. The molecule has 0 spiro atoms. The number of hydrogen-bond donors (Lipinski definition) is 2. The van der Waals surface area contributed by atoms with Gasteiger partial charge in [-0.05, 0) is 36.8 Å². The number of nitrogens with one attached hydrogen (secondary N) is 2. The molecule has 4 atom stereocenters. The lowest BCUT2D eigenvalue weighted by molar-refractivity contribution is -0.120. The maximum absolute atomic E-state index is 11.5. The number of carbonyl (C=O) groups is 2. The molecule has 4 unspecified atom stereocenters. The molecule has 142 valence electrons. The van der Waals surface area contributed by atoms with Gasteiger partial charge >= 0.3 is 0 Å². The number of hydrogen-bond acceptors (Lipinski definition) is 2. The van der Waals surface area contributed by atoms with E-state index in [0.29, 0.717) is 11.8 Å². The Morgan fingerprint density at radius 1 is 0.692 bits per heavy atom. The minimum Gasteiger partial charge on any atom is -0.353 e. The van der Waals surface area contributed by atoms with E-state index in [-0.39, 0.29) is 23.9 Å². The summed E-state index contributed by atoms with van der Waals surface area (Å²) in [4.78, 5) is 23.1. The van der Waals surface area contributed by atoms with Crippen LogP contribution in [0.4, 0.5) is 0 Å². The molecule has 0 aliphatic heterocycles. The predicted molar refractivity (Wildman–Crippen MR) is 104 cm³/mol. The van der Waals surface area contributed by atoms with Crippen LogP contribution in [0.1, 0.15) is 88.2 Å². The fourth-order valence-electron chi connectivity index (χ4n) is 4.92. The van der Waals surface area contributed by atoms with E-state index in [2.05, 4.69) is 34.9 Å². The first-order valence-electron chi connectivity index (χ1n) is 10.2. The van der Waals surface area contributed by atoms with Crippen LogP contribution in [0.5, 0.6) is 0 Å². The van der Waals surface area contributed by atoms with Gasteiger partial charge in [-0.25, -0.2) is 0 Å². The summed E-state index contributed by atoms with van der Waals surface area (Å²) in [5, 5.41) is 6.30. The molecule has 2 aliphatic carbocycles. The topological polar surface area (TPSA) is 58.2 Å². The highest BCUT2D eigenvalue weighted by molar-refractivity contribution is 5.73. The molecular weight excluding hydrogens is 324 g/mol. The van der Waals surface area contributed by atoms with Crippen molar-refractivity contribution in [2.45, 2.75) is 89.1 Å². The van der Waals surface area contributed by atoms with E-state index in [1.54, 1.807) is 13.8 Å². The molecule has 0 bridgehead atoms. The van der Waals surface area contributed by atoms with Crippen LogP contribution >= 0.6 is 0 Å². The van der Waals surface area contributed by atoms with Crippen molar-refractivity contribution in [1.29, 1.82) is 0 Å². The Kier molecular flexibility index (Phi) is 6.33. The molecule has 0 aromatic heterocycles. The second-order valence-corrected chi connectivity index (χ2v) is 8.06. The van der Waals surface area contributed by atoms with Gasteiger partial charge in [0, 0.05) is 37.8 Å². The van der Waals surface area contributed by atoms with Gasteiger partial charge in [-0.3, -0.25) is 9.59 Å². The van der Waals surface area contributed by atoms with E-state index >= 15 is 0 Å². The fraction of sp³-hybridized carbons (Fsp3) is 0.636. The summed E-state index contributed by atoms with van der Waals surface area (Å²) < 4.78 is 0. The molecule has 2 amide bonds. The lowest BCUT2D eigenvalue weighted by Crippen LogP contribution is -2.40. The maximum atomic E-state index is 11.5. The summed E-state index contributed by atoms with van der Waals surface area (Å²) in [5.74, 6) is 0.969. The van der Waals surface area contributed by atoms with Gasteiger partial charge in [0.1, 0.15) is 0 Å². The second kappa shape index (κ2) is 8.70. The Balaban J connectivity index is 1.74. The van der Waals surface area contributed by atoms with Crippen LogP contribution in [0.15, 0.2) is 24.3 Å². The van der Waals surface area contributed by atoms with E-state index in [1.807, 2.05) is 0 Å². The maximum Gasteiger partial charge on any atom is 0.217 e. The van der Waals surface area contributed by atoms with E-state index < -0.39 is 0 Å². The van der Waals surface area contributed by atoms with Gasteiger partial charge in [-0.15, -0.1) is 0 Å². The van der Waals surface area contributed by atoms with Crippen molar-refractivity contribution in [3.8, 4) is 0 Å².